The number of phenols is 1. The highest BCUT2D eigenvalue weighted by atomic mass is 32.2. The number of rotatable bonds is 6. The first-order valence-corrected chi connectivity index (χ1v) is 10.0. The van der Waals surface area contributed by atoms with E-state index in [4.69, 9.17) is 9.47 Å². The van der Waals surface area contributed by atoms with Crippen LogP contribution in [0.2, 0.25) is 0 Å². The SMILES string of the molecule is COc1cc(Nc2ncc(F)c(Nc3ccc4c(c3)NC(=O)CS4)n2)cc(O)c1OC. The highest BCUT2D eigenvalue weighted by Gasteiger charge is 2.17. The van der Waals surface area contributed by atoms with Crippen LogP contribution in [0.4, 0.5) is 33.2 Å². The topological polar surface area (TPSA) is 118 Å². The molecule has 4 N–H and O–H groups in total. The van der Waals surface area contributed by atoms with Crippen LogP contribution in [0.25, 0.3) is 0 Å². The number of anilines is 5. The zero-order valence-electron chi connectivity index (χ0n) is 16.5. The van der Waals surface area contributed by atoms with Crippen molar-refractivity contribution in [1.29, 1.82) is 0 Å². The molecule has 3 aromatic rings. The van der Waals surface area contributed by atoms with E-state index in [1.54, 1.807) is 18.2 Å². The van der Waals surface area contributed by atoms with Crippen molar-refractivity contribution in [3.05, 3.63) is 42.3 Å². The highest BCUT2D eigenvalue weighted by Crippen LogP contribution is 2.40. The zero-order valence-corrected chi connectivity index (χ0v) is 17.3. The lowest BCUT2D eigenvalue weighted by atomic mass is 10.2. The standard InChI is InChI=1S/C20H18FN5O4S/c1-29-15-7-11(6-14(27)18(15)30-2)24-20-22-8-12(21)19(26-20)23-10-3-4-16-13(5-10)25-17(28)9-31-16/h3-8,27H,9H2,1-2H3,(H,25,28)(H2,22,23,24,26). The fourth-order valence-electron chi connectivity index (χ4n) is 2.96. The summed E-state index contributed by atoms with van der Waals surface area (Å²) < 4.78 is 24.6. The van der Waals surface area contributed by atoms with Gasteiger partial charge in [0.1, 0.15) is 0 Å². The van der Waals surface area contributed by atoms with Gasteiger partial charge in [-0.15, -0.1) is 11.8 Å². The van der Waals surface area contributed by atoms with Crippen LogP contribution in [0.15, 0.2) is 41.4 Å². The van der Waals surface area contributed by atoms with Crippen LogP contribution >= 0.6 is 11.8 Å². The number of aromatic hydroxyl groups is 1. The molecule has 0 atom stereocenters. The van der Waals surface area contributed by atoms with E-state index < -0.39 is 5.82 Å². The van der Waals surface area contributed by atoms with Gasteiger partial charge in [0, 0.05) is 28.4 Å². The Hall–Kier alpha value is -3.73. The van der Waals surface area contributed by atoms with E-state index in [0.717, 1.165) is 11.1 Å². The van der Waals surface area contributed by atoms with Gasteiger partial charge in [0.15, 0.2) is 23.1 Å². The molecule has 0 radical (unpaired) electrons. The summed E-state index contributed by atoms with van der Waals surface area (Å²) in [5, 5.41) is 18.7. The lowest BCUT2D eigenvalue weighted by molar-refractivity contribution is -0.113. The van der Waals surface area contributed by atoms with Crippen molar-refractivity contribution in [1.82, 2.24) is 9.97 Å². The first kappa shape index (κ1) is 20.5. The largest absolute Gasteiger partial charge is 0.504 e. The Kier molecular flexibility index (Phi) is 5.67. The summed E-state index contributed by atoms with van der Waals surface area (Å²) >= 11 is 1.44. The lowest BCUT2D eigenvalue weighted by Gasteiger charge is -2.17. The number of nitrogens with one attached hydrogen (secondary N) is 3. The zero-order chi connectivity index (χ0) is 22.0. The van der Waals surface area contributed by atoms with E-state index in [2.05, 4.69) is 25.9 Å². The highest BCUT2D eigenvalue weighted by molar-refractivity contribution is 8.00. The van der Waals surface area contributed by atoms with Crippen molar-refractivity contribution in [2.24, 2.45) is 0 Å². The van der Waals surface area contributed by atoms with E-state index in [-0.39, 0.29) is 29.2 Å². The van der Waals surface area contributed by atoms with Gasteiger partial charge in [-0.1, -0.05) is 0 Å². The summed E-state index contributed by atoms with van der Waals surface area (Å²) in [6.07, 6.45) is 1.02. The number of hydrogen-bond acceptors (Lipinski definition) is 9. The van der Waals surface area contributed by atoms with Crippen LogP contribution in [-0.2, 0) is 4.79 Å². The Morgan fingerprint density at radius 2 is 2.00 bits per heavy atom. The van der Waals surface area contributed by atoms with Crippen LogP contribution in [-0.4, -0.2) is 41.0 Å². The molecular formula is C20H18FN5O4S. The van der Waals surface area contributed by atoms with Gasteiger partial charge in [-0.3, -0.25) is 4.79 Å². The number of nitrogens with zero attached hydrogens (tertiary/aromatic N) is 2. The Morgan fingerprint density at radius 1 is 1.16 bits per heavy atom. The monoisotopic (exact) mass is 443 g/mol. The van der Waals surface area contributed by atoms with Crippen molar-refractivity contribution in [2.75, 3.05) is 35.9 Å². The van der Waals surface area contributed by atoms with E-state index >= 15 is 0 Å². The van der Waals surface area contributed by atoms with Gasteiger partial charge in [0.05, 0.1) is 31.9 Å². The molecule has 0 aliphatic carbocycles. The number of aromatic nitrogens is 2. The molecule has 0 spiro atoms. The maximum Gasteiger partial charge on any atom is 0.234 e. The molecule has 0 unspecified atom stereocenters. The van der Waals surface area contributed by atoms with Gasteiger partial charge >= 0.3 is 0 Å². The number of methoxy groups -OCH3 is 2. The van der Waals surface area contributed by atoms with E-state index in [9.17, 15) is 14.3 Å². The van der Waals surface area contributed by atoms with Gasteiger partial charge in [-0.05, 0) is 18.2 Å². The molecule has 31 heavy (non-hydrogen) atoms. The summed E-state index contributed by atoms with van der Waals surface area (Å²) in [5.74, 6) is 0.00563. The summed E-state index contributed by atoms with van der Waals surface area (Å²) in [6, 6.07) is 8.31. The Balaban J connectivity index is 1.58. The third-order valence-corrected chi connectivity index (χ3v) is 5.41. The molecular weight excluding hydrogens is 425 g/mol. The third kappa shape index (κ3) is 4.40. The fourth-order valence-corrected chi connectivity index (χ4v) is 3.75. The number of phenolic OH excluding ortho intramolecular Hbond substituents is 1. The summed E-state index contributed by atoms with van der Waals surface area (Å²) in [7, 11) is 2.85. The quantitative estimate of drug-likeness (QED) is 0.450. The maximum absolute atomic E-state index is 14.3. The van der Waals surface area contributed by atoms with Crippen LogP contribution in [0.3, 0.4) is 0 Å². The predicted molar refractivity (Wildman–Crippen MR) is 116 cm³/mol. The molecule has 4 rings (SSSR count). The molecule has 9 nitrogen and oxygen atoms in total. The Labute approximate surface area is 181 Å². The van der Waals surface area contributed by atoms with Gasteiger partial charge < -0.3 is 30.5 Å². The first-order chi connectivity index (χ1) is 15.0. The van der Waals surface area contributed by atoms with Crippen molar-refractivity contribution in [2.45, 2.75) is 4.90 Å². The number of carbonyl (C=O) groups is 1. The second-order valence-corrected chi connectivity index (χ2v) is 7.44. The molecule has 1 aliphatic rings. The average molecular weight is 443 g/mol. The van der Waals surface area contributed by atoms with E-state index in [0.29, 0.717) is 28.6 Å². The molecule has 11 heteroatoms. The number of fused-ring (bicyclic) bond motifs is 1. The van der Waals surface area contributed by atoms with Crippen LogP contribution in [0.1, 0.15) is 0 Å². The molecule has 1 aromatic heterocycles. The van der Waals surface area contributed by atoms with Gasteiger partial charge in [-0.2, -0.15) is 4.98 Å². The van der Waals surface area contributed by atoms with Crippen molar-refractivity contribution in [3.63, 3.8) is 0 Å². The minimum absolute atomic E-state index is 0.0584. The normalized spacial score (nSPS) is 12.5. The van der Waals surface area contributed by atoms with Gasteiger partial charge in [-0.25, -0.2) is 9.37 Å². The minimum Gasteiger partial charge on any atom is -0.504 e. The number of carbonyl (C=O) groups excluding carboxylic acids is 1. The molecule has 1 aliphatic heterocycles. The lowest BCUT2D eigenvalue weighted by Crippen LogP contribution is -2.18. The van der Waals surface area contributed by atoms with Crippen molar-refractivity contribution in [3.8, 4) is 17.2 Å². The van der Waals surface area contributed by atoms with Crippen LogP contribution < -0.4 is 25.4 Å². The maximum atomic E-state index is 14.3. The third-order valence-electron chi connectivity index (χ3n) is 4.33. The Morgan fingerprint density at radius 3 is 2.77 bits per heavy atom. The van der Waals surface area contributed by atoms with E-state index in [1.807, 2.05) is 6.07 Å². The second-order valence-electron chi connectivity index (χ2n) is 6.42. The van der Waals surface area contributed by atoms with E-state index in [1.165, 1.54) is 32.0 Å². The summed E-state index contributed by atoms with van der Waals surface area (Å²) in [4.78, 5) is 20.6. The number of ether oxygens (including phenoxy) is 2. The molecule has 1 amide bonds. The average Bonchev–Trinajstić information content (AvgIpc) is 2.75. The number of benzene rings is 2. The van der Waals surface area contributed by atoms with Crippen molar-refractivity contribution < 1.29 is 23.8 Å². The summed E-state index contributed by atoms with van der Waals surface area (Å²) in [6.45, 7) is 0. The molecule has 160 valence electrons. The molecule has 0 saturated carbocycles. The van der Waals surface area contributed by atoms with Gasteiger partial charge in [0.25, 0.3) is 0 Å². The summed E-state index contributed by atoms with van der Waals surface area (Å²) in [5.41, 5.74) is 1.62. The molecule has 2 aromatic carbocycles. The number of hydrogen-bond donors (Lipinski definition) is 4. The molecule has 0 fully saturated rings. The Bertz CT molecular complexity index is 1160. The number of halogens is 1. The molecule has 0 bridgehead atoms. The first-order valence-electron chi connectivity index (χ1n) is 9.05. The van der Waals surface area contributed by atoms with Crippen LogP contribution in [0.5, 0.6) is 17.2 Å². The fraction of sp³-hybridized carbons (Fsp3) is 0.150. The van der Waals surface area contributed by atoms with Crippen LogP contribution in [0, 0.1) is 5.82 Å². The molecule has 2 heterocycles. The van der Waals surface area contributed by atoms with Crippen molar-refractivity contribution >= 4 is 46.5 Å². The van der Waals surface area contributed by atoms with Gasteiger partial charge in [0.2, 0.25) is 17.6 Å². The number of thioether (sulfide) groups is 1. The minimum atomic E-state index is -0.656. The smallest absolute Gasteiger partial charge is 0.234 e. The number of amides is 1. The predicted octanol–water partition coefficient (Wildman–Crippen LogP) is 3.87. The second kappa shape index (κ2) is 8.56. The molecule has 0 saturated heterocycles.